The molecule has 0 amide bonds. The Balaban J connectivity index is 2.02. The molecule has 0 atom stereocenters. The molecule has 1 aliphatic carbocycles. The van der Waals surface area contributed by atoms with E-state index in [1.807, 2.05) is 26.0 Å². The second-order valence-electron chi connectivity index (χ2n) is 5.59. The van der Waals surface area contributed by atoms with E-state index in [0.29, 0.717) is 6.10 Å². The lowest BCUT2D eigenvalue weighted by atomic mass is 9.86. The molecule has 17 heavy (non-hydrogen) atoms. The van der Waals surface area contributed by atoms with E-state index < -0.39 is 0 Å². The summed E-state index contributed by atoms with van der Waals surface area (Å²) < 4.78 is 5.91. The highest BCUT2D eigenvalue weighted by molar-refractivity contribution is 5.31. The van der Waals surface area contributed by atoms with Crippen molar-refractivity contribution in [3.8, 4) is 5.75 Å². The van der Waals surface area contributed by atoms with Gasteiger partial charge in [-0.15, -0.1) is 0 Å². The number of rotatable bonds is 4. The Hall–Kier alpha value is -1.02. The Kier molecular flexibility index (Phi) is 3.72. The maximum Gasteiger partial charge on any atom is 0.119 e. The molecule has 0 unspecified atom stereocenters. The number of hydrogen-bond donors (Lipinski definition) is 1. The third kappa shape index (κ3) is 3.01. The second-order valence-corrected chi connectivity index (χ2v) is 5.59. The average molecular weight is 234 g/mol. The van der Waals surface area contributed by atoms with Gasteiger partial charge in [0, 0.05) is 5.41 Å². The van der Waals surface area contributed by atoms with Crippen LogP contribution >= 0.6 is 0 Å². The van der Waals surface area contributed by atoms with Crippen LogP contribution in [0.2, 0.25) is 0 Å². The van der Waals surface area contributed by atoms with Crippen molar-refractivity contribution in [1.29, 1.82) is 0 Å². The van der Waals surface area contributed by atoms with Gasteiger partial charge in [0.1, 0.15) is 5.75 Å². The fourth-order valence-electron chi connectivity index (χ4n) is 2.27. The first-order chi connectivity index (χ1) is 8.12. The molecule has 1 aromatic rings. The van der Waals surface area contributed by atoms with Crippen molar-refractivity contribution < 1.29 is 9.84 Å². The summed E-state index contributed by atoms with van der Waals surface area (Å²) in [6.07, 6.45) is 5.36. The summed E-state index contributed by atoms with van der Waals surface area (Å²) in [5.74, 6) is 0.953. The van der Waals surface area contributed by atoms with Gasteiger partial charge in [0.15, 0.2) is 0 Å². The maximum absolute atomic E-state index is 9.32. The Bertz CT molecular complexity index is 348. The van der Waals surface area contributed by atoms with E-state index in [0.717, 1.165) is 11.3 Å². The molecule has 2 nitrogen and oxygen atoms in total. The van der Waals surface area contributed by atoms with Crippen LogP contribution in [0.15, 0.2) is 24.3 Å². The second kappa shape index (κ2) is 5.09. The van der Waals surface area contributed by atoms with Crippen molar-refractivity contribution in [2.24, 2.45) is 0 Å². The van der Waals surface area contributed by atoms with E-state index in [4.69, 9.17) is 4.74 Å². The summed E-state index contributed by atoms with van der Waals surface area (Å²) >= 11 is 0. The maximum atomic E-state index is 9.32. The van der Waals surface area contributed by atoms with Crippen molar-refractivity contribution in [2.45, 2.75) is 51.0 Å². The van der Waals surface area contributed by atoms with Crippen LogP contribution in [-0.4, -0.2) is 17.8 Å². The number of aliphatic hydroxyl groups excluding tert-OH is 1. The molecule has 2 heteroatoms. The first-order valence-corrected chi connectivity index (χ1v) is 6.50. The summed E-state index contributed by atoms with van der Waals surface area (Å²) in [6, 6.07) is 8.15. The zero-order chi connectivity index (χ0) is 12.3. The molecule has 0 aliphatic heterocycles. The van der Waals surface area contributed by atoms with Gasteiger partial charge in [-0.3, -0.25) is 0 Å². The molecule has 1 saturated carbocycles. The molecule has 0 saturated heterocycles. The van der Waals surface area contributed by atoms with Gasteiger partial charge in [-0.2, -0.15) is 0 Å². The van der Waals surface area contributed by atoms with Crippen molar-refractivity contribution in [3.05, 3.63) is 29.8 Å². The van der Waals surface area contributed by atoms with E-state index in [-0.39, 0.29) is 12.0 Å². The molecule has 2 rings (SSSR count). The van der Waals surface area contributed by atoms with Crippen molar-refractivity contribution in [3.63, 3.8) is 0 Å². The topological polar surface area (TPSA) is 29.5 Å². The van der Waals surface area contributed by atoms with Gasteiger partial charge < -0.3 is 9.84 Å². The Morgan fingerprint density at radius 2 is 1.76 bits per heavy atom. The Labute approximate surface area is 104 Å². The molecule has 94 valence electrons. The first kappa shape index (κ1) is 12.4. The van der Waals surface area contributed by atoms with E-state index >= 15 is 0 Å². The third-order valence-electron chi connectivity index (χ3n) is 3.64. The highest BCUT2D eigenvalue weighted by atomic mass is 16.5. The van der Waals surface area contributed by atoms with Crippen LogP contribution in [0.3, 0.4) is 0 Å². The molecule has 0 spiro atoms. The van der Waals surface area contributed by atoms with Crippen LogP contribution < -0.4 is 4.74 Å². The molecular formula is C15H22O2. The normalized spacial score (nSPS) is 17.4. The predicted octanol–water partition coefficient (Wildman–Crippen LogP) is 3.28. The lowest BCUT2D eigenvalue weighted by Crippen LogP contribution is -2.21. The lowest BCUT2D eigenvalue weighted by molar-refractivity contribution is 0.208. The quantitative estimate of drug-likeness (QED) is 0.866. The number of ether oxygens (including phenoxy) is 1. The number of aliphatic hydroxyl groups is 1. The van der Waals surface area contributed by atoms with Crippen LogP contribution in [-0.2, 0) is 5.41 Å². The van der Waals surface area contributed by atoms with E-state index in [9.17, 15) is 5.11 Å². The van der Waals surface area contributed by atoms with Gasteiger partial charge in [0.2, 0.25) is 0 Å². The van der Waals surface area contributed by atoms with Crippen LogP contribution in [0.1, 0.15) is 45.1 Å². The van der Waals surface area contributed by atoms with E-state index in [1.165, 1.54) is 25.7 Å². The minimum Gasteiger partial charge on any atom is -0.490 e. The molecule has 0 radical (unpaired) electrons. The van der Waals surface area contributed by atoms with E-state index in [2.05, 4.69) is 12.1 Å². The van der Waals surface area contributed by atoms with Crippen LogP contribution in [0.4, 0.5) is 0 Å². The largest absolute Gasteiger partial charge is 0.490 e. The highest BCUT2D eigenvalue weighted by Gasteiger charge is 2.20. The van der Waals surface area contributed by atoms with E-state index in [1.54, 1.807) is 0 Å². The van der Waals surface area contributed by atoms with Crippen molar-refractivity contribution in [1.82, 2.24) is 0 Å². The molecule has 0 heterocycles. The standard InChI is InChI=1S/C15H22O2/c1-15(2,11-16)12-7-9-14(10-8-12)17-13-5-3-4-6-13/h7-10,13,16H,3-6,11H2,1-2H3. The molecule has 0 bridgehead atoms. The zero-order valence-corrected chi connectivity index (χ0v) is 10.8. The minimum absolute atomic E-state index is 0.163. The van der Waals surface area contributed by atoms with Gasteiger partial charge in [-0.05, 0) is 43.4 Å². The van der Waals surface area contributed by atoms with Gasteiger partial charge in [-0.1, -0.05) is 26.0 Å². The van der Waals surface area contributed by atoms with Gasteiger partial charge in [-0.25, -0.2) is 0 Å². The summed E-state index contributed by atoms with van der Waals surface area (Å²) in [4.78, 5) is 0. The average Bonchev–Trinajstić information content (AvgIpc) is 2.83. The van der Waals surface area contributed by atoms with Crippen molar-refractivity contribution in [2.75, 3.05) is 6.61 Å². The Morgan fingerprint density at radius 1 is 1.18 bits per heavy atom. The fourth-order valence-corrected chi connectivity index (χ4v) is 2.27. The van der Waals surface area contributed by atoms with Gasteiger partial charge in [0.25, 0.3) is 0 Å². The van der Waals surface area contributed by atoms with Crippen LogP contribution in [0.25, 0.3) is 0 Å². The summed E-state index contributed by atoms with van der Waals surface area (Å²) in [5, 5.41) is 9.32. The Morgan fingerprint density at radius 3 is 2.29 bits per heavy atom. The summed E-state index contributed by atoms with van der Waals surface area (Å²) in [7, 11) is 0. The molecular weight excluding hydrogens is 212 g/mol. The smallest absolute Gasteiger partial charge is 0.119 e. The SMILES string of the molecule is CC(C)(CO)c1ccc(OC2CCCC2)cc1. The van der Waals surface area contributed by atoms with Crippen LogP contribution in [0, 0.1) is 0 Å². The third-order valence-corrected chi connectivity index (χ3v) is 3.64. The summed E-state index contributed by atoms with van der Waals surface area (Å²) in [5.41, 5.74) is 0.977. The molecule has 1 fully saturated rings. The fraction of sp³-hybridized carbons (Fsp3) is 0.600. The van der Waals surface area contributed by atoms with Gasteiger partial charge >= 0.3 is 0 Å². The predicted molar refractivity (Wildman–Crippen MR) is 69.4 cm³/mol. The number of hydrogen-bond acceptors (Lipinski definition) is 2. The molecule has 1 aliphatic rings. The van der Waals surface area contributed by atoms with Gasteiger partial charge in [0.05, 0.1) is 12.7 Å². The monoisotopic (exact) mass is 234 g/mol. The molecule has 1 aromatic carbocycles. The lowest BCUT2D eigenvalue weighted by Gasteiger charge is -2.22. The van der Waals surface area contributed by atoms with Crippen molar-refractivity contribution >= 4 is 0 Å². The minimum atomic E-state index is -0.175. The first-order valence-electron chi connectivity index (χ1n) is 6.50. The zero-order valence-electron chi connectivity index (χ0n) is 10.8. The number of benzene rings is 1. The molecule has 0 aromatic heterocycles. The van der Waals surface area contributed by atoms with Crippen LogP contribution in [0.5, 0.6) is 5.75 Å². The highest BCUT2D eigenvalue weighted by Crippen LogP contribution is 2.27. The summed E-state index contributed by atoms with van der Waals surface area (Å²) in [6.45, 7) is 4.25. The molecule has 1 N–H and O–H groups in total.